The summed E-state index contributed by atoms with van der Waals surface area (Å²) >= 11 is 0. The third kappa shape index (κ3) is 4.93. The van der Waals surface area contributed by atoms with Crippen molar-refractivity contribution in [3.63, 3.8) is 0 Å². The smallest absolute Gasteiger partial charge is 0.307 e. The van der Waals surface area contributed by atoms with Crippen molar-refractivity contribution in [1.29, 1.82) is 0 Å². The number of rotatable bonds is 6. The molecular weight excluding hydrogens is 474 g/mol. The molecular formula is C31H29N5O2. The molecule has 1 fully saturated rings. The summed E-state index contributed by atoms with van der Waals surface area (Å²) in [7, 11) is 0. The summed E-state index contributed by atoms with van der Waals surface area (Å²) in [6, 6.07) is 22.9. The number of fused-ring (bicyclic) bond motifs is 1. The second kappa shape index (κ2) is 10.2. The first-order valence-electron chi connectivity index (χ1n) is 13.0. The van der Waals surface area contributed by atoms with Crippen molar-refractivity contribution in [2.45, 2.75) is 26.3 Å². The van der Waals surface area contributed by atoms with Crippen LogP contribution >= 0.6 is 0 Å². The summed E-state index contributed by atoms with van der Waals surface area (Å²) in [5.74, 6) is -0.949. The van der Waals surface area contributed by atoms with Crippen LogP contribution in [0.4, 0.5) is 0 Å². The van der Waals surface area contributed by atoms with Crippen molar-refractivity contribution < 1.29 is 9.90 Å². The number of carboxylic acids is 1. The van der Waals surface area contributed by atoms with E-state index < -0.39 is 5.97 Å². The fourth-order valence-corrected chi connectivity index (χ4v) is 5.29. The van der Waals surface area contributed by atoms with Gasteiger partial charge >= 0.3 is 5.97 Å². The normalized spacial score (nSPS) is 16.1. The monoisotopic (exact) mass is 503 g/mol. The number of carboxylic acid groups (broad SMARTS) is 1. The fraction of sp³-hybridized carbons (Fsp3) is 0.226. The number of piperidine rings is 1. The predicted octanol–water partition coefficient (Wildman–Crippen LogP) is 5.96. The number of aryl methyl sites for hydroxylation is 1. The van der Waals surface area contributed by atoms with Crippen molar-refractivity contribution in [3.8, 4) is 33.8 Å². The van der Waals surface area contributed by atoms with E-state index in [9.17, 15) is 9.90 Å². The predicted molar refractivity (Wildman–Crippen MR) is 148 cm³/mol. The third-order valence-electron chi connectivity index (χ3n) is 7.29. The maximum absolute atomic E-state index is 11.4. The Bertz CT molecular complexity index is 1610. The number of carbonyl (C=O) groups is 1. The summed E-state index contributed by atoms with van der Waals surface area (Å²) in [5.41, 5.74) is 8.86. The molecule has 0 spiro atoms. The van der Waals surface area contributed by atoms with E-state index in [1.165, 1.54) is 5.56 Å². The molecule has 0 radical (unpaired) electrons. The Morgan fingerprint density at radius 1 is 1.03 bits per heavy atom. The number of nitrogens with one attached hydrogen (secondary N) is 1. The van der Waals surface area contributed by atoms with Crippen molar-refractivity contribution >= 4 is 16.9 Å². The molecule has 0 bridgehead atoms. The molecule has 0 aliphatic carbocycles. The topological polar surface area (TPSA) is 95.0 Å². The van der Waals surface area contributed by atoms with E-state index in [0.717, 1.165) is 76.3 Å². The Hall–Kier alpha value is -4.36. The van der Waals surface area contributed by atoms with Crippen LogP contribution in [0.3, 0.4) is 0 Å². The van der Waals surface area contributed by atoms with Gasteiger partial charge in [-0.1, -0.05) is 36.4 Å². The first-order chi connectivity index (χ1) is 18.5. The van der Waals surface area contributed by atoms with Gasteiger partial charge < -0.3 is 10.1 Å². The molecule has 1 aliphatic rings. The molecule has 38 heavy (non-hydrogen) atoms. The molecule has 1 saturated heterocycles. The number of pyridine rings is 2. The number of hydrogen-bond donors (Lipinski definition) is 2. The number of imidazole rings is 1. The van der Waals surface area contributed by atoms with Crippen LogP contribution < -0.4 is 0 Å². The lowest BCUT2D eigenvalue weighted by atomic mass is 9.97. The lowest BCUT2D eigenvalue weighted by Gasteiger charge is -2.30. The van der Waals surface area contributed by atoms with Gasteiger partial charge in [-0.3, -0.25) is 19.7 Å². The fourth-order valence-electron chi connectivity index (χ4n) is 5.29. The second-order valence-corrected chi connectivity index (χ2v) is 10.0. The van der Waals surface area contributed by atoms with Gasteiger partial charge in [0.1, 0.15) is 0 Å². The molecule has 6 rings (SSSR count). The standard InChI is InChI=1S/C31H29N5O2/c1-20-4-2-6-28(35-20)30-29(33-19-34-30)23-11-12-27-25(14-23)15-26(16-32-27)22-9-7-21(8-10-22)17-36-13-3-5-24(18-36)31(37)38/h2,4,6-12,14-16,19,24H,3,5,13,17-18H2,1H3,(H,33,34)(H,37,38)/t24-/m1/s1. The van der Waals surface area contributed by atoms with Gasteiger partial charge in [0.15, 0.2) is 0 Å². The second-order valence-electron chi connectivity index (χ2n) is 10.0. The van der Waals surface area contributed by atoms with Gasteiger partial charge in [-0.15, -0.1) is 0 Å². The number of aliphatic carboxylic acids is 1. The SMILES string of the molecule is Cc1cccc(-c2[nH]cnc2-c2ccc3ncc(-c4ccc(CN5CCC[C@@H](C(=O)O)C5)cc4)cc3c2)n1. The zero-order chi connectivity index (χ0) is 26.1. The largest absolute Gasteiger partial charge is 0.481 e. The highest BCUT2D eigenvalue weighted by Gasteiger charge is 2.25. The molecule has 5 aromatic rings. The van der Waals surface area contributed by atoms with Gasteiger partial charge in [0.25, 0.3) is 0 Å². The van der Waals surface area contributed by atoms with E-state index in [4.69, 9.17) is 4.98 Å². The highest BCUT2D eigenvalue weighted by atomic mass is 16.4. The quantitative estimate of drug-likeness (QED) is 0.297. The summed E-state index contributed by atoms with van der Waals surface area (Å²) in [6.45, 7) is 4.31. The Morgan fingerprint density at radius 2 is 1.84 bits per heavy atom. The number of hydrogen-bond acceptors (Lipinski definition) is 5. The maximum Gasteiger partial charge on any atom is 0.307 e. The molecule has 3 aromatic heterocycles. The molecule has 2 N–H and O–H groups in total. The van der Waals surface area contributed by atoms with Crippen molar-refractivity contribution in [2.75, 3.05) is 13.1 Å². The highest BCUT2D eigenvalue weighted by molar-refractivity contribution is 5.89. The summed E-state index contributed by atoms with van der Waals surface area (Å²) < 4.78 is 0. The first kappa shape index (κ1) is 24.0. The number of likely N-dealkylation sites (tertiary alicyclic amines) is 1. The van der Waals surface area contributed by atoms with Crippen molar-refractivity contribution in [1.82, 2.24) is 24.8 Å². The van der Waals surface area contributed by atoms with Gasteiger partial charge in [0, 0.05) is 41.5 Å². The van der Waals surface area contributed by atoms with Gasteiger partial charge in [0.2, 0.25) is 0 Å². The van der Waals surface area contributed by atoms with Crippen LogP contribution in [0.1, 0.15) is 24.1 Å². The van der Waals surface area contributed by atoms with Crippen molar-refractivity contribution in [3.05, 3.63) is 90.5 Å². The maximum atomic E-state index is 11.4. The molecule has 0 saturated carbocycles. The minimum absolute atomic E-state index is 0.262. The third-order valence-corrected chi connectivity index (χ3v) is 7.29. The lowest BCUT2D eigenvalue weighted by Crippen LogP contribution is -2.38. The molecule has 7 nitrogen and oxygen atoms in total. The van der Waals surface area contributed by atoms with E-state index >= 15 is 0 Å². The van der Waals surface area contributed by atoms with Crippen LogP contribution in [0.25, 0.3) is 44.7 Å². The minimum Gasteiger partial charge on any atom is -0.481 e. The Kier molecular flexibility index (Phi) is 6.43. The zero-order valence-electron chi connectivity index (χ0n) is 21.3. The molecule has 1 atom stereocenters. The Morgan fingerprint density at radius 3 is 2.66 bits per heavy atom. The summed E-state index contributed by atoms with van der Waals surface area (Å²) in [4.78, 5) is 30.9. The Balaban J connectivity index is 1.24. The van der Waals surface area contributed by atoms with Crippen LogP contribution in [-0.4, -0.2) is 49.0 Å². The van der Waals surface area contributed by atoms with Crippen LogP contribution in [-0.2, 0) is 11.3 Å². The summed E-state index contributed by atoms with van der Waals surface area (Å²) in [5, 5.41) is 10.4. The number of benzene rings is 2. The first-order valence-corrected chi connectivity index (χ1v) is 13.0. The van der Waals surface area contributed by atoms with Gasteiger partial charge in [-0.25, -0.2) is 4.98 Å². The zero-order valence-corrected chi connectivity index (χ0v) is 21.3. The molecule has 2 aromatic carbocycles. The lowest BCUT2D eigenvalue weighted by molar-refractivity contribution is -0.143. The van der Waals surface area contributed by atoms with Crippen LogP contribution in [0, 0.1) is 12.8 Å². The average molecular weight is 504 g/mol. The van der Waals surface area contributed by atoms with Crippen molar-refractivity contribution in [2.24, 2.45) is 5.92 Å². The van der Waals surface area contributed by atoms with E-state index in [2.05, 4.69) is 62.3 Å². The van der Waals surface area contributed by atoms with Crippen LogP contribution in [0.2, 0.25) is 0 Å². The Labute approximate surface area is 221 Å². The van der Waals surface area contributed by atoms with E-state index in [-0.39, 0.29) is 5.92 Å². The minimum atomic E-state index is -0.688. The van der Waals surface area contributed by atoms with Gasteiger partial charge in [0.05, 0.1) is 34.8 Å². The molecule has 1 aliphatic heterocycles. The summed E-state index contributed by atoms with van der Waals surface area (Å²) in [6.07, 6.45) is 5.32. The van der Waals surface area contributed by atoms with Crippen LogP contribution in [0.15, 0.2) is 79.3 Å². The van der Waals surface area contributed by atoms with Gasteiger partial charge in [-0.05, 0) is 67.8 Å². The van der Waals surface area contributed by atoms with E-state index in [0.29, 0.717) is 6.54 Å². The number of aromatic amines is 1. The van der Waals surface area contributed by atoms with E-state index in [1.54, 1.807) is 6.33 Å². The van der Waals surface area contributed by atoms with E-state index in [1.807, 2.05) is 37.4 Å². The number of H-pyrrole nitrogens is 1. The van der Waals surface area contributed by atoms with Gasteiger partial charge in [-0.2, -0.15) is 0 Å². The average Bonchev–Trinajstić information content (AvgIpc) is 3.43. The molecule has 7 heteroatoms. The molecule has 0 amide bonds. The molecule has 190 valence electrons. The molecule has 0 unspecified atom stereocenters. The number of nitrogens with zero attached hydrogens (tertiary/aromatic N) is 4. The molecule has 4 heterocycles. The highest BCUT2D eigenvalue weighted by Crippen LogP contribution is 2.31. The number of aromatic nitrogens is 4. The van der Waals surface area contributed by atoms with Crippen LogP contribution in [0.5, 0.6) is 0 Å².